The number of nitrogens with zero attached hydrogens (tertiary/aromatic N) is 1. The maximum Gasteiger partial charge on any atom is 0.340 e. The molecule has 0 spiro atoms. The minimum absolute atomic E-state index is 0.618. The molecule has 1 aromatic heterocycles. The predicted octanol–water partition coefficient (Wildman–Crippen LogP) is 1.87. The molecule has 4 nitrogen and oxygen atoms in total. The van der Waals surface area contributed by atoms with Crippen LogP contribution >= 0.6 is 0 Å². The van der Waals surface area contributed by atoms with Crippen LogP contribution in [-0.4, -0.2) is 23.2 Å². The molecule has 0 aliphatic carbocycles. The zero-order valence-corrected chi connectivity index (χ0v) is 7.50. The predicted molar refractivity (Wildman–Crippen MR) is 42.7 cm³/mol. The minimum Gasteiger partial charge on any atom is -0.481 e. The van der Waals surface area contributed by atoms with Crippen molar-refractivity contribution in [3.8, 4) is 5.88 Å². The third kappa shape index (κ3) is 2.00. The second-order valence-corrected chi connectivity index (χ2v) is 2.51. The van der Waals surface area contributed by atoms with Crippen LogP contribution in [0.25, 0.3) is 0 Å². The summed E-state index contributed by atoms with van der Waals surface area (Å²) in [6, 6.07) is 0. The van der Waals surface area contributed by atoms with Gasteiger partial charge in [0.25, 0.3) is 6.43 Å². The monoisotopic (exact) mass is 221 g/mol. The Morgan fingerprint density at radius 3 is 2.60 bits per heavy atom. The van der Waals surface area contributed by atoms with E-state index in [0.717, 1.165) is 7.11 Å². The summed E-state index contributed by atoms with van der Waals surface area (Å²) in [5.74, 6) is -3.80. The van der Waals surface area contributed by atoms with Gasteiger partial charge in [0.2, 0.25) is 5.88 Å². The van der Waals surface area contributed by atoms with Crippen LogP contribution in [0.2, 0.25) is 0 Å². The van der Waals surface area contributed by atoms with Gasteiger partial charge in [0.15, 0.2) is 5.82 Å². The SMILES string of the molecule is COc1ncc(C(=O)O)c(F)c1C(F)F. The Labute approximate surface area is 82.3 Å². The highest BCUT2D eigenvalue weighted by molar-refractivity contribution is 5.88. The number of halogens is 3. The first-order valence-electron chi connectivity index (χ1n) is 3.72. The number of hydrogen-bond donors (Lipinski definition) is 1. The molecule has 1 aromatic rings. The highest BCUT2D eigenvalue weighted by Crippen LogP contribution is 2.30. The number of hydrogen-bond acceptors (Lipinski definition) is 3. The number of pyridine rings is 1. The van der Waals surface area contributed by atoms with Gasteiger partial charge in [0.1, 0.15) is 11.1 Å². The molecule has 0 bridgehead atoms. The van der Waals surface area contributed by atoms with Crippen LogP contribution < -0.4 is 4.74 Å². The van der Waals surface area contributed by atoms with Crippen LogP contribution in [-0.2, 0) is 0 Å². The van der Waals surface area contributed by atoms with Crippen LogP contribution in [0, 0.1) is 5.82 Å². The highest BCUT2D eigenvalue weighted by Gasteiger charge is 2.25. The lowest BCUT2D eigenvalue weighted by molar-refractivity contribution is 0.0689. The quantitative estimate of drug-likeness (QED) is 0.846. The number of carboxylic acids is 1. The largest absolute Gasteiger partial charge is 0.481 e. The zero-order chi connectivity index (χ0) is 11.6. The van der Waals surface area contributed by atoms with Crippen molar-refractivity contribution in [1.82, 2.24) is 4.98 Å². The summed E-state index contributed by atoms with van der Waals surface area (Å²) in [5.41, 5.74) is -2.05. The third-order valence-electron chi connectivity index (χ3n) is 1.66. The molecule has 0 aliphatic heterocycles. The standard InChI is InChI=1S/C8H6F3NO3/c1-15-7-4(6(10)11)5(9)3(2-12-7)8(13)14/h2,6H,1H3,(H,13,14). The number of aromatic carboxylic acids is 1. The maximum atomic E-state index is 13.2. The van der Waals surface area contributed by atoms with Gasteiger partial charge in [-0.2, -0.15) is 0 Å². The summed E-state index contributed by atoms with van der Waals surface area (Å²) in [6.07, 6.45) is -2.56. The molecule has 15 heavy (non-hydrogen) atoms. The first-order valence-corrected chi connectivity index (χ1v) is 3.72. The van der Waals surface area contributed by atoms with Crippen molar-refractivity contribution in [2.24, 2.45) is 0 Å². The smallest absolute Gasteiger partial charge is 0.340 e. The van der Waals surface area contributed by atoms with Crippen LogP contribution in [0.4, 0.5) is 13.2 Å². The van der Waals surface area contributed by atoms with Gasteiger partial charge in [-0.15, -0.1) is 0 Å². The average molecular weight is 221 g/mol. The number of rotatable bonds is 3. The van der Waals surface area contributed by atoms with Crippen LogP contribution in [0.3, 0.4) is 0 Å². The Balaban J connectivity index is 3.42. The lowest BCUT2D eigenvalue weighted by Crippen LogP contribution is -2.08. The Morgan fingerprint density at radius 1 is 1.60 bits per heavy atom. The van der Waals surface area contributed by atoms with Crippen LogP contribution in [0.5, 0.6) is 5.88 Å². The second kappa shape index (κ2) is 4.16. The van der Waals surface area contributed by atoms with Crippen molar-refractivity contribution < 1.29 is 27.8 Å². The van der Waals surface area contributed by atoms with E-state index < -0.39 is 35.2 Å². The molecule has 1 N–H and O–H groups in total. The molecular formula is C8H6F3NO3. The minimum atomic E-state index is -3.19. The van der Waals surface area contributed by atoms with Gasteiger partial charge in [-0.25, -0.2) is 22.9 Å². The molecular weight excluding hydrogens is 215 g/mol. The molecule has 0 fully saturated rings. The number of aromatic nitrogens is 1. The van der Waals surface area contributed by atoms with Crippen molar-refractivity contribution in [3.63, 3.8) is 0 Å². The number of carboxylic acid groups (broad SMARTS) is 1. The third-order valence-corrected chi connectivity index (χ3v) is 1.66. The summed E-state index contributed by atoms with van der Waals surface area (Å²) in [7, 11) is 1.04. The Bertz CT molecular complexity index is 395. The fraction of sp³-hybridized carbons (Fsp3) is 0.250. The summed E-state index contributed by atoms with van der Waals surface area (Å²) in [5, 5.41) is 8.47. The number of alkyl halides is 2. The van der Waals surface area contributed by atoms with Crippen molar-refractivity contribution in [1.29, 1.82) is 0 Å². The molecule has 1 heterocycles. The van der Waals surface area contributed by atoms with Crippen LogP contribution in [0.15, 0.2) is 6.20 Å². The van der Waals surface area contributed by atoms with E-state index in [-0.39, 0.29) is 0 Å². The van der Waals surface area contributed by atoms with Crippen molar-refractivity contribution >= 4 is 5.97 Å². The molecule has 0 amide bonds. The summed E-state index contributed by atoms with van der Waals surface area (Å²) in [4.78, 5) is 13.7. The van der Waals surface area contributed by atoms with E-state index in [1.807, 2.05) is 0 Å². The van der Waals surface area contributed by atoms with Crippen molar-refractivity contribution in [2.75, 3.05) is 7.11 Å². The maximum absolute atomic E-state index is 13.2. The lowest BCUT2D eigenvalue weighted by Gasteiger charge is -2.08. The molecule has 0 atom stereocenters. The van der Waals surface area contributed by atoms with Crippen molar-refractivity contribution in [2.45, 2.75) is 6.43 Å². The van der Waals surface area contributed by atoms with Gasteiger partial charge in [0, 0.05) is 6.20 Å². The second-order valence-electron chi connectivity index (χ2n) is 2.51. The Morgan fingerprint density at radius 2 is 2.20 bits per heavy atom. The van der Waals surface area contributed by atoms with Gasteiger partial charge < -0.3 is 9.84 Å². The zero-order valence-electron chi connectivity index (χ0n) is 7.50. The molecule has 0 radical (unpaired) electrons. The van der Waals surface area contributed by atoms with E-state index in [1.165, 1.54) is 0 Å². The van der Waals surface area contributed by atoms with Gasteiger partial charge in [0.05, 0.1) is 7.11 Å². The summed E-state index contributed by atoms with van der Waals surface area (Å²) >= 11 is 0. The highest BCUT2D eigenvalue weighted by atomic mass is 19.3. The molecule has 1 rings (SSSR count). The molecule has 82 valence electrons. The molecule has 0 saturated carbocycles. The summed E-state index contributed by atoms with van der Waals surface area (Å²) < 4.78 is 42.4. The topological polar surface area (TPSA) is 59.4 Å². The lowest BCUT2D eigenvalue weighted by atomic mass is 10.2. The van der Waals surface area contributed by atoms with E-state index >= 15 is 0 Å². The van der Waals surface area contributed by atoms with E-state index in [1.54, 1.807) is 0 Å². The first-order chi connectivity index (χ1) is 6.99. The van der Waals surface area contributed by atoms with E-state index in [0.29, 0.717) is 6.20 Å². The number of methoxy groups -OCH3 is 1. The van der Waals surface area contributed by atoms with E-state index in [9.17, 15) is 18.0 Å². The molecule has 7 heteroatoms. The fourth-order valence-corrected chi connectivity index (χ4v) is 0.989. The Hall–Kier alpha value is -1.79. The van der Waals surface area contributed by atoms with Gasteiger partial charge >= 0.3 is 5.97 Å². The van der Waals surface area contributed by atoms with Gasteiger partial charge in [-0.3, -0.25) is 0 Å². The fourth-order valence-electron chi connectivity index (χ4n) is 0.989. The summed E-state index contributed by atoms with van der Waals surface area (Å²) in [6.45, 7) is 0. The molecule has 0 unspecified atom stereocenters. The van der Waals surface area contributed by atoms with Gasteiger partial charge in [-0.05, 0) is 0 Å². The first kappa shape index (κ1) is 11.3. The average Bonchev–Trinajstić information content (AvgIpc) is 2.15. The number of ether oxygens (including phenoxy) is 1. The van der Waals surface area contributed by atoms with E-state index in [4.69, 9.17) is 5.11 Å². The van der Waals surface area contributed by atoms with E-state index in [2.05, 4.69) is 9.72 Å². The van der Waals surface area contributed by atoms with Gasteiger partial charge in [-0.1, -0.05) is 0 Å². The Kier molecular flexibility index (Phi) is 3.13. The number of carbonyl (C=O) groups is 1. The molecule has 0 aliphatic rings. The van der Waals surface area contributed by atoms with Crippen molar-refractivity contribution in [3.05, 3.63) is 23.1 Å². The normalized spacial score (nSPS) is 10.5. The molecule has 0 aromatic carbocycles. The van der Waals surface area contributed by atoms with Crippen LogP contribution in [0.1, 0.15) is 22.3 Å². The molecule has 0 saturated heterocycles.